The van der Waals surface area contributed by atoms with Crippen LogP contribution in [0.25, 0.3) is 21.8 Å². The number of anilines is 2. The molecule has 2 aromatic carbocycles. The summed E-state index contributed by atoms with van der Waals surface area (Å²) in [5.74, 6) is 1.59. The zero-order chi connectivity index (χ0) is 15.6. The number of aromatic nitrogens is 2. The lowest BCUT2D eigenvalue weighted by molar-refractivity contribution is 0.415. The van der Waals surface area contributed by atoms with Crippen LogP contribution in [-0.4, -0.2) is 17.1 Å². The third-order valence-electron chi connectivity index (χ3n) is 3.77. The Morgan fingerprint density at radius 1 is 0.870 bits per heavy atom. The Labute approximate surface area is 133 Å². The van der Waals surface area contributed by atoms with Gasteiger partial charge >= 0.3 is 0 Å². The quantitative estimate of drug-likeness (QED) is 0.565. The van der Waals surface area contributed by atoms with E-state index in [1.807, 2.05) is 42.5 Å². The van der Waals surface area contributed by atoms with Gasteiger partial charge in [-0.1, -0.05) is 24.3 Å². The third kappa shape index (κ3) is 2.55. The second kappa shape index (κ2) is 5.57. The van der Waals surface area contributed by atoms with E-state index in [1.54, 1.807) is 13.3 Å². The lowest BCUT2D eigenvalue weighted by Crippen LogP contribution is -1.95. The summed E-state index contributed by atoms with van der Waals surface area (Å²) in [7, 11) is 1.66. The van der Waals surface area contributed by atoms with Crippen molar-refractivity contribution in [2.75, 3.05) is 12.4 Å². The van der Waals surface area contributed by atoms with Crippen LogP contribution in [-0.2, 0) is 0 Å². The largest absolute Gasteiger partial charge is 0.497 e. The Hall–Kier alpha value is -3.14. The van der Waals surface area contributed by atoms with Gasteiger partial charge in [-0.15, -0.1) is 0 Å². The molecular formula is C19H15N3O. The standard InChI is InChI=1S/C19H15N3O/c1-23-16-6-2-5-15(12-16)21-17-10-9-14-8-7-13-4-3-11-20-18(13)19(14)22-17/h2-12H,1H3,(H,21,22). The molecule has 0 atom stereocenters. The lowest BCUT2D eigenvalue weighted by Gasteiger charge is -2.09. The highest BCUT2D eigenvalue weighted by Gasteiger charge is 2.05. The van der Waals surface area contributed by atoms with E-state index in [-0.39, 0.29) is 0 Å². The first-order valence-corrected chi connectivity index (χ1v) is 7.39. The molecule has 112 valence electrons. The maximum Gasteiger partial charge on any atom is 0.131 e. The molecule has 23 heavy (non-hydrogen) atoms. The molecule has 0 radical (unpaired) electrons. The number of fused-ring (bicyclic) bond motifs is 3. The number of ether oxygens (including phenoxy) is 1. The van der Waals surface area contributed by atoms with Crippen LogP contribution in [0.5, 0.6) is 5.75 Å². The van der Waals surface area contributed by atoms with Gasteiger partial charge in [0.1, 0.15) is 11.6 Å². The zero-order valence-electron chi connectivity index (χ0n) is 12.7. The summed E-state index contributed by atoms with van der Waals surface area (Å²) >= 11 is 0. The highest BCUT2D eigenvalue weighted by atomic mass is 16.5. The first-order valence-electron chi connectivity index (χ1n) is 7.39. The van der Waals surface area contributed by atoms with Crippen LogP contribution in [0.2, 0.25) is 0 Å². The maximum atomic E-state index is 5.25. The number of rotatable bonds is 3. The smallest absolute Gasteiger partial charge is 0.131 e. The fraction of sp³-hybridized carbons (Fsp3) is 0.0526. The van der Waals surface area contributed by atoms with Gasteiger partial charge in [-0.3, -0.25) is 4.98 Å². The van der Waals surface area contributed by atoms with Gasteiger partial charge in [0.15, 0.2) is 0 Å². The van der Waals surface area contributed by atoms with E-state index in [0.717, 1.165) is 39.1 Å². The summed E-state index contributed by atoms with van der Waals surface area (Å²) in [6.07, 6.45) is 1.80. The molecule has 0 unspecified atom stereocenters. The van der Waals surface area contributed by atoms with Crippen LogP contribution in [0, 0.1) is 0 Å². The van der Waals surface area contributed by atoms with Crippen LogP contribution in [0.3, 0.4) is 0 Å². The number of nitrogens with zero attached hydrogens (tertiary/aromatic N) is 2. The average Bonchev–Trinajstić information content (AvgIpc) is 2.62. The normalized spacial score (nSPS) is 10.8. The van der Waals surface area contributed by atoms with E-state index < -0.39 is 0 Å². The summed E-state index contributed by atoms with van der Waals surface area (Å²) in [6, 6.07) is 19.9. The molecule has 0 bridgehead atoms. The molecule has 4 aromatic rings. The van der Waals surface area contributed by atoms with Gasteiger partial charge in [0.05, 0.1) is 18.1 Å². The first-order chi connectivity index (χ1) is 11.3. The fourth-order valence-corrected chi connectivity index (χ4v) is 2.64. The minimum absolute atomic E-state index is 0.781. The maximum absolute atomic E-state index is 5.25. The van der Waals surface area contributed by atoms with E-state index in [4.69, 9.17) is 9.72 Å². The minimum Gasteiger partial charge on any atom is -0.497 e. The van der Waals surface area contributed by atoms with Gasteiger partial charge in [0, 0.05) is 28.7 Å². The predicted octanol–water partition coefficient (Wildman–Crippen LogP) is 4.54. The molecular weight excluding hydrogens is 286 g/mol. The molecule has 0 aliphatic carbocycles. The van der Waals surface area contributed by atoms with Crippen molar-refractivity contribution in [1.82, 2.24) is 9.97 Å². The Balaban J connectivity index is 1.80. The summed E-state index contributed by atoms with van der Waals surface area (Å²) in [5.41, 5.74) is 2.75. The Morgan fingerprint density at radius 2 is 1.70 bits per heavy atom. The number of methoxy groups -OCH3 is 1. The summed E-state index contributed by atoms with van der Waals surface area (Å²) in [5, 5.41) is 5.48. The van der Waals surface area contributed by atoms with Crippen LogP contribution in [0.15, 0.2) is 66.9 Å². The molecule has 4 rings (SSSR count). The number of nitrogens with one attached hydrogen (secondary N) is 1. The van der Waals surface area contributed by atoms with Crippen molar-refractivity contribution >= 4 is 33.3 Å². The monoisotopic (exact) mass is 301 g/mol. The predicted molar refractivity (Wildman–Crippen MR) is 93.3 cm³/mol. The van der Waals surface area contributed by atoms with Crippen molar-refractivity contribution in [3.05, 3.63) is 66.9 Å². The fourth-order valence-electron chi connectivity index (χ4n) is 2.64. The number of hydrogen-bond donors (Lipinski definition) is 1. The van der Waals surface area contributed by atoms with Gasteiger partial charge < -0.3 is 10.1 Å². The summed E-state index contributed by atoms with van der Waals surface area (Å²) in [4.78, 5) is 9.21. The second-order valence-corrected chi connectivity index (χ2v) is 5.27. The molecule has 0 aliphatic rings. The second-order valence-electron chi connectivity index (χ2n) is 5.27. The summed E-state index contributed by atoms with van der Waals surface area (Å²) < 4.78 is 5.25. The molecule has 0 saturated carbocycles. The van der Waals surface area contributed by atoms with Crippen molar-refractivity contribution in [2.45, 2.75) is 0 Å². The van der Waals surface area contributed by atoms with Gasteiger partial charge in [-0.05, 0) is 30.3 Å². The van der Waals surface area contributed by atoms with Crippen LogP contribution >= 0.6 is 0 Å². The topological polar surface area (TPSA) is 47.0 Å². The molecule has 0 fully saturated rings. The minimum atomic E-state index is 0.781. The van der Waals surface area contributed by atoms with Crippen molar-refractivity contribution in [3.63, 3.8) is 0 Å². The van der Waals surface area contributed by atoms with Crippen molar-refractivity contribution in [1.29, 1.82) is 0 Å². The Bertz CT molecular complexity index is 998. The van der Waals surface area contributed by atoms with Gasteiger partial charge in [0.25, 0.3) is 0 Å². The van der Waals surface area contributed by atoms with Crippen LogP contribution in [0.4, 0.5) is 11.5 Å². The van der Waals surface area contributed by atoms with Crippen LogP contribution < -0.4 is 10.1 Å². The Kier molecular flexibility index (Phi) is 3.27. The molecule has 0 amide bonds. The van der Waals surface area contributed by atoms with E-state index in [0.29, 0.717) is 0 Å². The number of pyridine rings is 2. The lowest BCUT2D eigenvalue weighted by atomic mass is 10.1. The van der Waals surface area contributed by atoms with E-state index in [9.17, 15) is 0 Å². The molecule has 2 heterocycles. The van der Waals surface area contributed by atoms with E-state index in [1.165, 1.54) is 0 Å². The van der Waals surface area contributed by atoms with Crippen molar-refractivity contribution in [2.24, 2.45) is 0 Å². The molecule has 0 aliphatic heterocycles. The highest BCUT2D eigenvalue weighted by molar-refractivity contribution is 6.03. The third-order valence-corrected chi connectivity index (χ3v) is 3.77. The average molecular weight is 301 g/mol. The van der Waals surface area contributed by atoms with Crippen molar-refractivity contribution < 1.29 is 4.74 Å². The molecule has 2 aromatic heterocycles. The summed E-state index contributed by atoms with van der Waals surface area (Å²) in [6.45, 7) is 0. The SMILES string of the molecule is COc1cccc(Nc2ccc3ccc4cccnc4c3n2)c1. The Morgan fingerprint density at radius 3 is 2.57 bits per heavy atom. The first kappa shape index (κ1) is 13.5. The van der Waals surface area contributed by atoms with E-state index >= 15 is 0 Å². The number of hydrogen-bond acceptors (Lipinski definition) is 4. The van der Waals surface area contributed by atoms with Gasteiger partial charge in [-0.2, -0.15) is 0 Å². The van der Waals surface area contributed by atoms with Crippen LogP contribution in [0.1, 0.15) is 0 Å². The molecule has 4 heteroatoms. The molecule has 4 nitrogen and oxygen atoms in total. The molecule has 0 spiro atoms. The van der Waals surface area contributed by atoms with Gasteiger partial charge in [0.2, 0.25) is 0 Å². The highest BCUT2D eigenvalue weighted by Crippen LogP contribution is 2.25. The number of benzene rings is 2. The van der Waals surface area contributed by atoms with Crippen molar-refractivity contribution in [3.8, 4) is 5.75 Å². The van der Waals surface area contributed by atoms with Gasteiger partial charge in [-0.25, -0.2) is 4.98 Å². The molecule has 0 saturated heterocycles. The zero-order valence-corrected chi connectivity index (χ0v) is 12.7. The van der Waals surface area contributed by atoms with E-state index in [2.05, 4.69) is 28.5 Å². The molecule has 1 N–H and O–H groups in total.